The van der Waals surface area contributed by atoms with Crippen molar-refractivity contribution >= 4 is 15.9 Å². The van der Waals surface area contributed by atoms with E-state index in [4.69, 9.17) is 0 Å². The first-order valence-corrected chi connectivity index (χ1v) is 9.97. The number of nitrogens with one attached hydrogen (secondary N) is 2. The molecule has 1 aliphatic carbocycles. The van der Waals surface area contributed by atoms with Crippen molar-refractivity contribution in [2.75, 3.05) is 6.54 Å². The van der Waals surface area contributed by atoms with Crippen LogP contribution in [0.3, 0.4) is 0 Å². The van der Waals surface area contributed by atoms with Crippen molar-refractivity contribution < 1.29 is 13.2 Å². The molecule has 0 heterocycles. The van der Waals surface area contributed by atoms with Gasteiger partial charge in [-0.05, 0) is 55.5 Å². The standard InChI is InChI=1S/C19H22N2O3S/c22-19(21-17-10-11-17)16-8-12-18(13-9-16)25(23,24)20-14-4-7-15-5-2-1-3-6-15/h1-3,5-6,8-9,12-13,17,20H,4,7,10-11,14H2,(H,21,22). The number of hydrogen-bond acceptors (Lipinski definition) is 3. The van der Waals surface area contributed by atoms with Crippen molar-refractivity contribution in [1.82, 2.24) is 10.0 Å². The fourth-order valence-corrected chi connectivity index (χ4v) is 3.58. The van der Waals surface area contributed by atoms with Crippen LogP contribution in [0.1, 0.15) is 35.2 Å². The molecular formula is C19H22N2O3S. The van der Waals surface area contributed by atoms with Crippen LogP contribution in [-0.4, -0.2) is 26.9 Å². The number of carbonyl (C=O) groups excluding carboxylic acids is 1. The van der Waals surface area contributed by atoms with Gasteiger partial charge in [0, 0.05) is 18.2 Å². The second kappa shape index (κ2) is 7.80. The van der Waals surface area contributed by atoms with E-state index in [9.17, 15) is 13.2 Å². The van der Waals surface area contributed by atoms with Gasteiger partial charge in [-0.25, -0.2) is 13.1 Å². The normalized spacial score (nSPS) is 14.2. The van der Waals surface area contributed by atoms with Crippen molar-refractivity contribution in [3.05, 3.63) is 65.7 Å². The molecule has 25 heavy (non-hydrogen) atoms. The van der Waals surface area contributed by atoms with Gasteiger partial charge < -0.3 is 5.32 Å². The third-order valence-electron chi connectivity index (χ3n) is 4.12. The second-order valence-corrected chi connectivity index (χ2v) is 8.03. The predicted octanol–water partition coefficient (Wildman–Crippen LogP) is 2.49. The summed E-state index contributed by atoms with van der Waals surface area (Å²) in [5.74, 6) is -0.151. The lowest BCUT2D eigenvalue weighted by molar-refractivity contribution is 0.0951. The fourth-order valence-electron chi connectivity index (χ4n) is 2.51. The summed E-state index contributed by atoms with van der Waals surface area (Å²) in [5, 5.41) is 2.88. The van der Waals surface area contributed by atoms with Crippen LogP contribution in [0.25, 0.3) is 0 Å². The Kier molecular flexibility index (Phi) is 5.50. The van der Waals surface area contributed by atoms with E-state index < -0.39 is 10.0 Å². The third-order valence-corrected chi connectivity index (χ3v) is 5.59. The molecule has 0 saturated heterocycles. The van der Waals surface area contributed by atoms with Crippen LogP contribution in [0.5, 0.6) is 0 Å². The van der Waals surface area contributed by atoms with Crippen molar-refractivity contribution in [3.63, 3.8) is 0 Å². The molecule has 2 aromatic rings. The number of sulfonamides is 1. The van der Waals surface area contributed by atoms with Crippen LogP contribution in [-0.2, 0) is 16.4 Å². The molecule has 0 unspecified atom stereocenters. The Morgan fingerprint density at radius 3 is 2.32 bits per heavy atom. The number of aryl methyl sites for hydroxylation is 1. The zero-order valence-electron chi connectivity index (χ0n) is 13.9. The van der Waals surface area contributed by atoms with Crippen molar-refractivity contribution in [2.24, 2.45) is 0 Å². The van der Waals surface area contributed by atoms with Crippen LogP contribution < -0.4 is 10.0 Å². The topological polar surface area (TPSA) is 75.3 Å². The van der Waals surface area contributed by atoms with Crippen molar-refractivity contribution in [1.29, 1.82) is 0 Å². The zero-order valence-corrected chi connectivity index (χ0v) is 14.8. The summed E-state index contributed by atoms with van der Waals surface area (Å²) in [7, 11) is -3.55. The molecule has 5 nitrogen and oxygen atoms in total. The Bertz CT molecular complexity index is 814. The smallest absolute Gasteiger partial charge is 0.251 e. The predicted molar refractivity (Wildman–Crippen MR) is 96.9 cm³/mol. The van der Waals surface area contributed by atoms with Gasteiger partial charge in [-0.2, -0.15) is 0 Å². The lowest BCUT2D eigenvalue weighted by Gasteiger charge is -2.08. The highest BCUT2D eigenvalue weighted by molar-refractivity contribution is 7.89. The average Bonchev–Trinajstić information content (AvgIpc) is 3.44. The molecule has 6 heteroatoms. The van der Waals surface area contributed by atoms with Crippen LogP contribution in [0.2, 0.25) is 0 Å². The van der Waals surface area contributed by atoms with Gasteiger partial charge in [-0.15, -0.1) is 0 Å². The van der Waals surface area contributed by atoms with E-state index in [0.29, 0.717) is 12.1 Å². The molecule has 1 amide bonds. The molecule has 2 aromatic carbocycles. The van der Waals surface area contributed by atoms with Crippen molar-refractivity contribution in [2.45, 2.75) is 36.6 Å². The number of hydrogen-bond donors (Lipinski definition) is 2. The molecule has 0 spiro atoms. The number of benzene rings is 2. The van der Waals surface area contributed by atoms with E-state index in [1.807, 2.05) is 30.3 Å². The summed E-state index contributed by atoms with van der Waals surface area (Å²) in [6.07, 6.45) is 3.59. The first-order valence-electron chi connectivity index (χ1n) is 8.49. The molecule has 0 bridgehead atoms. The van der Waals surface area contributed by atoms with E-state index in [2.05, 4.69) is 10.0 Å². The maximum Gasteiger partial charge on any atom is 0.251 e. The van der Waals surface area contributed by atoms with Crippen molar-refractivity contribution in [3.8, 4) is 0 Å². The summed E-state index contributed by atoms with van der Waals surface area (Å²) < 4.78 is 27.2. The lowest BCUT2D eigenvalue weighted by Crippen LogP contribution is -2.26. The summed E-state index contributed by atoms with van der Waals surface area (Å²) in [5.41, 5.74) is 1.67. The van der Waals surface area contributed by atoms with E-state index in [1.54, 1.807) is 12.1 Å². The molecule has 0 radical (unpaired) electrons. The minimum absolute atomic E-state index is 0.151. The summed E-state index contributed by atoms with van der Waals surface area (Å²) in [6, 6.07) is 16.3. The first-order chi connectivity index (χ1) is 12.0. The minimum atomic E-state index is -3.55. The summed E-state index contributed by atoms with van der Waals surface area (Å²) in [4.78, 5) is 12.1. The minimum Gasteiger partial charge on any atom is -0.349 e. The van der Waals surface area contributed by atoms with Gasteiger partial charge in [0.25, 0.3) is 5.91 Å². The Labute approximate surface area is 148 Å². The summed E-state index contributed by atoms with van der Waals surface area (Å²) in [6.45, 7) is 0.376. The lowest BCUT2D eigenvalue weighted by atomic mass is 10.1. The van der Waals surface area contributed by atoms with Crippen LogP contribution >= 0.6 is 0 Å². The maximum atomic E-state index is 12.3. The monoisotopic (exact) mass is 358 g/mol. The molecule has 1 saturated carbocycles. The van der Waals surface area contributed by atoms with Gasteiger partial charge in [-0.1, -0.05) is 30.3 Å². The SMILES string of the molecule is O=C(NC1CC1)c1ccc(S(=O)(=O)NCCCc2ccccc2)cc1. The Morgan fingerprint density at radius 1 is 1.00 bits per heavy atom. The number of rotatable bonds is 8. The van der Waals surface area contributed by atoms with E-state index in [1.165, 1.54) is 17.7 Å². The molecule has 0 atom stereocenters. The summed E-state index contributed by atoms with van der Waals surface area (Å²) >= 11 is 0. The van der Waals surface area contributed by atoms with E-state index in [0.717, 1.165) is 25.7 Å². The van der Waals surface area contributed by atoms with Gasteiger partial charge in [0.05, 0.1) is 4.90 Å². The van der Waals surface area contributed by atoms with E-state index >= 15 is 0 Å². The van der Waals surface area contributed by atoms with Crippen LogP contribution in [0.15, 0.2) is 59.5 Å². The number of carbonyl (C=O) groups is 1. The van der Waals surface area contributed by atoms with Gasteiger partial charge in [0.2, 0.25) is 10.0 Å². The largest absolute Gasteiger partial charge is 0.349 e. The van der Waals surface area contributed by atoms with Crippen LogP contribution in [0, 0.1) is 0 Å². The van der Waals surface area contributed by atoms with Crippen LogP contribution in [0.4, 0.5) is 0 Å². The maximum absolute atomic E-state index is 12.3. The van der Waals surface area contributed by atoms with Gasteiger partial charge >= 0.3 is 0 Å². The number of amides is 1. The molecule has 132 valence electrons. The highest BCUT2D eigenvalue weighted by Crippen LogP contribution is 2.19. The highest BCUT2D eigenvalue weighted by atomic mass is 32.2. The Hall–Kier alpha value is -2.18. The Morgan fingerprint density at radius 2 is 1.68 bits per heavy atom. The van der Waals surface area contributed by atoms with Gasteiger partial charge in [0.1, 0.15) is 0 Å². The molecule has 1 aliphatic rings. The highest BCUT2D eigenvalue weighted by Gasteiger charge is 2.24. The van der Waals surface area contributed by atoms with Gasteiger partial charge in [0.15, 0.2) is 0 Å². The van der Waals surface area contributed by atoms with E-state index in [-0.39, 0.29) is 16.8 Å². The van der Waals surface area contributed by atoms with Gasteiger partial charge in [-0.3, -0.25) is 4.79 Å². The second-order valence-electron chi connectivity index (χ2n) is 6.26. The molecule has 0 aliphatic heterocycles. The molecule has 1 fully saturated rings. The fraction of sp³-hybridized carbons (Fsp3) is 0.316. The molecule has 3 rings (SSSR count). The Balaban J connectivity index is 1.51. The molecular weight excluding hydrogens is 336 g/mol. The zero-order chi connectivity index (χ0) is 17.7. The molecule has 0 aromatic heterocycles. The first kappa shape index (κ1) is 17.6. The molecule has 2 N–H and O–H groups in total. The quantitative estimate of drug-likeness (QED) is 0.712. The average molecular weight is 358 g/mol. The third kappa shape index (κ3) is 5.14.